The van der Waals surface area contributed by atoms with E-state index in [9.17, 15) is 0 Å². The highest BCUT2D eigenvalue weighted by Gasteiger charge is 2.08. The molecule has 3 rings (SSSR count). The number of anilines is 1. The maximum absolute atomic E-state index is 5.92. The molecule has 0 aliphatic heterocycles. The van der Waals surface area contributed by atoms with Crippen molar-refractivity contribution in [2.75, 3.05) is 5.73 Å². The second-order valence-electron chi connectivity index (χ2n) is 4.95. The van der Waals surface area contributed by atoms with Crippen LogP contribution in [0.25, 0.3) is 22.6 Å². The van der Waals surface area contributed by atoms with Crippen molar-refractivity contribution in [1.29, 1.82) is 0 Å². The molecule has 21 heavy (non-hydrogen) atoms. The van der Waals surface area contributed by atoms with E-state index >= 15 is 0 Å². The van der Waals surface area contributed by atoms with Crippen molar-refractivity contribution in [3.05, 3.63) is 48.3 Å². The first-order valence-corrected chi connectivity index (χ1v) is 6.88. The molecule has 0 aliphatic rings. The molecular weight excluding hydrogens is 262 g/mol. The van der Waals surface area contributed by atoms with Gasteiger partial charge in [0.15, 0.2) is 5.82 Å². The molecule has 2 heterocycles. The van der Waals surface area contributed by atoms with Gasteiger partial charge in [-0.15, -0.1) is 0 Å². The number of rotatable bonds is 3. The zero-order valence-corrected chi connectivity index (χ0v) is 12.1. The van der Waals surface area contributed by atoms with Crippen LogP contribution in [0.4, 0.5) is 5.82 Å². The van der Waals surface area contributed by atoms with Crippen LogP contribution in [0.2, 0.25) is 0 Å². The maximum atomic E-state index is 5.92. The average molecular weight is 279 g/mol. The van der Waals surface area contributed by atoms with E-state index in [1.807, 2.05) is 25.4 Å². The topological polar surface area (TPSA) is 69.6 Å². The first-order chi connectivity index (χ1) is 10.2. The standard InChI is InChI=1S/C16H17N5/c1-3-11-4-6-12(7-5-11)16-19-14(8-15(17)20-16)13-9-18-21(2)10-13/h4-10H,3H2,1-2H3,(H2,17,19,20). The molecule has 0 saturated heterocycles. The van der Waals surface area contributed by atoms with Gasteiger partial charge >= 0.3 is 0 Å². The fourth-order valence-corrected chi connectivity index (χ4v) is 2.19. The molecule has 0 radical (unpaired) electrons. The Kier molecular flexibility index (Phi) is 3.39. The molecule has 0 unspecified atom stereocenters. The van der Waals surface area contributed by atoms with E-state index in [-0.39, 0.29) is 0 Å². The van der Waals surface area contributed by atoms with Gasteiger partial charge in [0.05, 0.1) is 11.9 Å². The van der Waals surface area contributed by atoms with Crippen molar-refractivity contribution < 1.29 is 0 Å². The van der Waals surface area contributed by atoms with Gasteiger partial charge in [0.1, 0.15) is 5.82 Å². The molecule has 0 atom stereocenters. The maximum Gasteiger partial charge on any atom is 0.162 e. The van der Waals surface area contributed by atoms with E-state index in [1.165, 1.54) is 5.56 Å². The molecule has 0 fully saturated rings. The highest BCUT2D eigenvalue weighted by Crippen LogP contribution is 2.23. The van der Waals surface area contributed by atoms with Crippen LogP contribution in [-0.4, -0.2) is 19.7 Å². The molecule has 0 bridgehead atoms. The van der Waals surface area contributed by atoms with Gasteiger partial charge in [-0.1, -0.05) is 31.2 Å². The number of nitrogen functional groups attached to an aromatic ring is 1. The SMILES string of the molecule is CCc1ccc(-c2nc(N)cc(-c3cnn(C)c3)n2)cc1. The van der Waals surface area contributed by atoms with Gasteiger partial charge in [0.2, 0.25) is 0 Å². The molecule has 2 N–H and O–H groups in total. The molecular formula is C16H17N5. The zero-order valence-electron chi connectivity index (χ0n) is 12.1. The van der Waals surface area contributed by atoms with Crippen LogP contribution in [0.3, 0.4) is 0 Å². The Bertz CT molecular complexity index is 759. The third-order valence-electron chi connectivity index (χ3n) is 3.37. The lowest BCUT2D eigenvalue weighted by Gasteiger charge is -2.05. The molecule has 0 amide bonds. The van der Waals surface area contributed by atoms with Crippen LogP contribution in [-0.2, 0) is 13.5 Å². The number of hydrogen-bond donors (Lipinski definition) is 1. The largest absolute Gasteiger partial charge is 0.384 e. The number of aromatic nitrogens is 4. The van der Waals surface area contributed by atoms with Gasteiger partial charge < -0.3 is 5.73 Å². The summed E-state index contributed by atoms with van der Waals surface area (Å²) in [6, 6.07) is 10.00. The fraction of sp³-hybridized carbons (Fsp3) is 0.188. The minimum Gasteiger partial charge on any atom is -0.384 e. The van der Waals surface area contributed by atoms with Crippen molar-refractivity contribution in [3.8, 4) is 22.6 Å². The average Bonchev–Trinajstić information content (AvgIpc) is 2.93. The van der Waals surface area contributed by atoms with Gasteiger partial charge in [-0.25, -0.2) is 9.97 Å². The monoisotopic (exact) mass is 279 g/mol. The predicted molar refractivity (Wildman–Crippen MR) is 83.5 cm³/mol. The van der Waals surface area contributed by atoms with Crippen LogP contribution < -0.4 is 5.73 Å². The molecule has 106 valence electrons. The second kappa shape index (κ2) is 5.36. The first kappa shape index (κ1) is 13.3. The fourth-order valence-electron chi connectivity index (χ4n) is 2.19. The van der Waals surface area contributed by atoms with Crippen LogP contribution in [0.15, 0.2) is 42.7 Å². The van der Waals surface area contributed by atoms with Gasteiger partial charge in [-0.3, -0.25) is 4.68 Å². The van der Waals surface area contributed by atoms with Crippen molar-refractivity contribution in [1.82, 2.24) is 19.7 Å². The Morgan fingerprint density at radius 2 is 1.86 bits per heavy atom. The number of nitrogens with zero attached hydrogens (tertiary/aromatic N) is 4. The summed E-state index contributed by atoms with van der Waals surface area (Å²) in [5, 5.41) is 4.16. The summed E-state index contributed by atoms with van der Waals surface area (Å²) in [7, 11) is 1.87. The molecule has 1 aromatic carbocycles. The van der Waals surface area contributed by atoms with E-state index in [4.69, 9.17) is 5.73 Å². The Balaban J connectivity index is 2.04. The van der Waals surface area contributed by atoms with Crippen molar-refractivity contribution in [2.24, 2.45) is 7.05 Å². The summed E-state index contributed by atoms with van der Waals surface area (Å²) in [4.78, 5) is 8.93. The smallest absolute Gasteiger partial charge is 0.162 e. The lowest BCUT2D eigenvalue weighted by atomic mass is 10.1. The van der Waals surface area contributed by atoms with Gasteiger partial charge in [0.25, 0.3) is 0 Å². The first-order valence-electron chi connectivity index (χ1n) is 6.88. The van der Waals surface area contributed by atoms with Crippen molar-refractivity contribution in [3.63, 3.8) is 0 Å². The van der Waals surface area contributed by atoms with Crippen LogP contribution >= 0.6 is 0 Å². The Morgan fingerprint density at radius 3 is 2.48 bits per heavy atom. The lowest BCUT2D eigenvalue weighted by Crippen LogP contribution is -1.98. The number of nitrogens with two attached hydrogens (primary N) is 1. The van der Waals surface area contributed by atoms with E-state index in [0.29, 0.717) is 11.6 Å². The number of aryl methyl sites for hydroxylation is 2. The quantitative estimate of drug-likeness (QED) is 0.800. The molecule has 0 aliphatic carbocycles. The molecule has 3 aromatic rings. The Morgan fingerprint density at radius 1 is 1.10 bits per heavy atom. The highest BCUT2D eigenvalue weighted by atomic mass is 15.2. The molecule has 0 saturated carbocycles. The van der Waals surface area contributed by atoms with Gasteiger partial charge in [0, 0.05) is 30.4 Å². The Hall–Kier alpha value is -2.69. The normalized spacial score (nSPS) is 10.8. The predicted octanol–water partition coefficient (Wildman–Crippen LogP) is 2.69. The number of hydrogen-bond acceptors (Lipinski definition) is 4. The summed E-state index contributed by atoms with van der Waals surface area (Å²) in [5.74, 6) is 1.09. The molecule has 2 aromatic heterocycles. The summed E-state index contributed by atoms with van der Waals surface area (Å²) < 4.78 is 1.74. The number of benzene rings is 1. The second-order valence-corrected chi connectivity index (χ2v) is 4.95. The van der Waals surface area contributed by atoms with Crippen LogP contribution in [0, 0.1) is 0 Å². The van der Waals surface area contributed by atoms with E-state index in [1.54, 1.807) is 16.9 Å². The minimum absolute atomic E-state index is 0.457. The summed E-state index contributed by atoms with van der Waals surface area (Å²) in [5.41, 5.74) is 9.88. The van der Waals surface area contributed by atoms with E-state index in [2.05, 4.69) is 34.1 Å². The van der Waals surface area contributed by atoms with Crippen LogP contribution in [0.1, 0.15) is 12.5 Å². The van der Waals surface area contributed by atoms with Crippen molar-refractivity contribution in [2.45, 2.75) is 13.3 Å². The third-order valence-corrected chi connectivity index (χ3v) is 3.37. The van der Waals surface area contributed by atoms with E-state index < -0.39 is 0 Å². The third kappa shape index (κ3) is 2.76. The lowest BCUT2D eigenvalue weighted by molar-refractivity contribution is 0.768. The van der Waals surface area contributed by atoms with Gasteiger partial charge in [-0.2, -0.15) is 5.10 Å². The van der Waals surface area contributed by atoms with Gasteiger partial charge in [-0.05, 0) is 12.0 Å². The molecule has 5 heteroatoms. The van der Waals surface area contributed by atoms with E-state index in [0.717, 1.165) is 23.2 Å². The molecule has 0 spiro atoms. The summed E-state index contributed by atoms with van der Waals surface area (Å²) >= 11 is 0. The highest BCUT2D eigenvalue weighted by molar-refractivity contribution is 5.66. The zero-order chi connectivity index (χ0) is 14.8. The summed E-state index contributed by atoms with van der Waals surface area (Å²) in [6.45, 7) is 2.13. The summed E-state index contributed by atoms with van der Waals surface area (Å²) in [6.07, 6.45) is 4.69. The molecule has 5 nitrogen and oxygen atoms in total. The van der Waals surface area contributed by atoms with Crippen LogP contribution in [0.5, 0.6) is 0 Å². The minimum atomic E-state index is 0.457. The Labute approximate surface area is 123 Å². The van der Waals surface area contributed by atoms with Crippen molar-refractivity contribution >= 4 is 5.82 Å².